The predicted octanol–water partition coefficient (Wildman–Crippen LogP) is 5.40. The van der Waals surface area contributed by atoms with Crippen molar-refractivity contribution in [2.45, 2.75) is 13.0 Å². The molecule has 1 N–H and O–H groups in total. The second-order valence-corrected chi connectivity index (χ2v) is 8.39. The molecule has 180 valence electrons. The lowest BCUT2D eigenvalue weighted by molar-refractivity contribution is 0.145. The van der Waals surface area contributed by atoms with Gasteiger partial charge in [-0.3, -0.25) is 0 Å². The summed E-state index contributed by atoms with van der Waals surface area (Å²) in [7, 11) is 1.60. The van der Waals surface area contributed by atoms with Gasteiger partial charge in [-0.15, -0.1) is 0 Å². The number of nitrogens with zero attached hydrogens (tertiary/aromatic N) is 3. The van der Waals surface area contributed by atoms with E-state index in [1.54, 1.807) is 12.0 Å². The van der Waals surface area contributed by atoms with E-state index in [1.807, 2.05) is 49.4 Å². The first-order chi connectivity index (χ1) is 16.9. The molecule has 3 aromatic carbocycles. The number of para-hydroxylation sites is 3. The first-order valence-corrected chi connectivity index (χ1v) is 11.2. The maximum Gasteiger partial charge on any atom is 0.322 e. The van der Waals surface area contributed by atoms with Crippen molar-refractivity contribution in [3.8, 4) is 17.2 Å². The average Bonchev–Trinajstić information content (AvgIpc) is 3.03. The minimum absolute atomic E-state index is 0.176. The monoisotopic (exact) mass is 478 g/mol. The Bertz CT molecular complexity index is 1310. The van der Waals surface area contributed by atoms with E-state index in [4.69, 9.17) is 14.5 Å². The molecule has 35 heavy (non-hydrogen) atoms. The molecule has 0 aromatic heterocycles. The molecule has 0 saturated carbocycles. The molecule has 1 fully saturated rings. The highest BCUT2D eigenvalue weighted by Crippen LogP contribution is 2.42. The topological polar surface area (TPSA) is 66.4 Å². The van der Waals surface area contributed by atoms with Crippen LogP contribution in [0.1, 0.15) is 12.5 Å². The minimum atomic E-state index is -1.01. The van der Waals surface area contributed by atoms with Gasteiger partial charge in [-0.2, -0.15) is 0 Å². The molecule has 1 saturated heterocycles. The molecule has 2 amide bonds. The van der Waals surface area contributed by atoms with Crippen LogP contribution in [0.3, 0.4) is 0 Å². The summed E-state index contributed by atoms with van der Waals surface area (Å²) in [5.74, 6) is 0.580. The zero-order chi connectivity index (χ0) is 24.5. The van der Waals surface area contributed by atoms with Gasteiger partial charge in [-0.1, -0.05) is 18.2 Å². The van der Waals surface area contributed by atoms with E-state index in [1.165, 1.54) is 6.07 Å². The molecule has 0 spiro atoms. The van der Waals surface area contributed by atoms with Gasteiger partial charge >= 0.3 is 6.03 Å². The van der Waals surface area contributed by atoms with Crippen LogP contribution < -0.4 is 14.8 Å². The Morgan fingerprint density at radius 3 is 2.69 bits per heavy atom. The second-order valence-electron chi connectivity index (χ2n) is 8.39. The molecule has 2 aliphatic rings. The lowest BCUT2D eigenvalue weighted by Gasteiger charge is -2.41. The number of hydrogen-bond donors (Lipinski definition) is 1. The van der Waals surface area contributed by atoms with Crippen molar-refractivity contribution < 1.29 is 23.0 Å². The molecule has 7 nitrogen and oxygen atoms in total. The fourth-order valence-corrected chi connectivity index (χ4v) is 4.34. The standard InChI is InChI=1S/C26H24F2N4O3/c1-16-15-31(12-13-32(16)26(33)29-17-10-11-19(27)20(28)14-17)25-18-6-5-9-23(34-2)24(18)35-22-8-4-3-7-21(22)30-25/h3-11,14,16H,12-13,15H2,1-2H3,(H,29,33). The molecule has 0 bridgehead atoms. The Morgan fingerprint density at radius 1 is 1.09 bits per heavy atom. The van der Waals surface area contributed by atoms with Crippen LogP contribution >= 0.6 is 0 Å². The molecule has 1 atom stereocenters. The molecule has 2 heterocycles. The van der Waals surface area contributed by atoms with Crippen LogP contribution in [0.4, 0.5) is 25.0 Å². The lowest BCUT2D eigenvalue weighted by Crippen LogP contribution is -2.56. The van der Waals surface area contributed by atoms with Crippen LogP contribution in [0.5, 0.6) is 17.2 Å². The van der Waals surface area contributed by atoms with Crippen molar-refractivity contribution >= 4 is 23.2 Å². The summed E-state index contributed by atoms with van der Waals surface area (Å²) in [4.78, 5) is 21.6. The number of urea groups is 1. The molecule has 0 radical (unpaired) electrons. The average molecular weight is 478 g/mol. The van der Waals surface area contributed by atoms with E-state index in [2.05, 4.69) is 10.2 Å². The summed E-state index contributed by atoms with van der Waals surface area (Å²) in [6, 6.07) is 16.0. The summed E-state index contributed by atoms with van der Waals surface area (Å²) < 4.78 is 38.5. The number of hydrogen-bond acceptors (Lipinski definition) is 5. The Hall–Kier alpha value is -4.14. The van der Waals surface area contributed by atoms with E-state index in [0.717, 1.165) is 23.5 Å². The quantitative estimate of drug-likeness (QED) is 0.536. The predicted molar refractivity (Wildman–Crippen MR) is 129 cm³/mol. The number of anilines is 1. The van der Waals surface area contributed by atoms with Crippen LogP contribution in [-0.2, 0) is 0 Å². The molecular formula is C26H24F2N4O3. The number of ether oxygens (including phenoxy) is 2. The third kappa shape index (κ3) is 4.37. The van der Waals surface area contributed by atoms with Crippen LogP contribution in [-0.4, -0.2) is 54.5 Å². The van der Waals surface area contributed by atoms with Crippen molar-refractivity contribution in [2.24, 2.45) is 4.99 Å². The Kier molecular flexibility index (Phi) is 5.98. The number of benzene rings is 3. The minimum Gasteiger partial charge on any atom is -0.493 e. The number of amidine groups is 1. The van der Waals surface area contributed by atoms with Gasteiger partial charge in [0.1, 0.15) is 11.5 Å². The van der Waals surface area contributed by atoms with Crippen molar-refractivity contribution in [1.29, 1.82) is 0 Å². The third-order valence-electron chi connectivity index (χ3n) is 6.10. The maximum absolute atomic E-state index is 13.5. The smallest absolute Gasteiger partial charge is 0.322 e. The van der Waals surface area contributed by atoms with Gasteiger partial charge in [0.05, 0.1) is 12.7 Å². The number of nitrogens with one attached hydrogen (secondary N) is 1. The number of fused-ring (bicyclic) bond motifs is 2. The molecular weight excluding hydrogens is 454 g/mol. The molecule has 5 rings (SSSR count). The molecule has 9 heteroatoms. The van der Waals surface area contributed by atoms with Crippen LogP contribution in [0.25, 0.3) is 0 Å². The Morgan fingerprint density at radius 2 is 1.91 bits per heavy atom. The third-order valence-corrected chi connectivity index (χ3v) is 6.10. The fraction of sp³-hybridized carbons (Fsp3) is 0.231. The van der Waals surface area contributed by atoms with Gasteiger partial charge in [0.2, 0.25) is 0 Å². The number of carbonyl (C=O) groups excluding carboxylic acids is 1. The van der Waals surface area contributed by atoms with Crippen LogP contribution in [0.15, 0.2) is 65.7 Å². The highest BCUT2D eigenvalue weighted by Gasteiger charge is 2.32. The Balaban J connectivity index is 1.40. The fourth-order valence-electron chi connectivity index (χ4n) is 4.34. The number of aliphatic imine (C=N–C) groups is 1. The van der Waals surface area contributed by atoms with Gasteiger partial charge < -0.3 is 24.6 Å². The van der Waals surface area contributed by atoms with Gasteiger partial charge in [0.25, 0.3) is 0 Å². The molecule has 1 unspecified atom stereocenters. The Labute approximate surface area is 201 Å². The van der Waals surface area contributed by atoms with E-state index >= 15 is 0 Å². The molecule has 3 aromatic rings. The van der Waals surface area contributed by atoms with Crippen LogP contribution in [0.2, 0.25) is 0 Å². The number of amides is 2. The maximum atomic E-state index is 13.5. The number of piperazine rings is 1. The van der Waals surface area contributed by atoms with Gasteiger partial charge in [0.15, 0.2) is 28.9 Å². The van der Waals surface area contributed by atoms with Gasteiger partial charge in [0, 0.05) is 37.4 Å². The summed E-state index contributed by atoms with van der Waals surface area (Å²) in [6.45, 7) is 3.39. The molecule has 2 aliphatic heterocycles. The van der Waals surface area contributed by atoms with E-state index in [0.29, 0.717) is 42.6 Å². The number of rotatable bonds is 2. The second kappa shape index (κ2) is 9.25. The van der Waals surface area contributed by atoms with Crippen LogP contribution in [0, 0.1) is 11.6 Å². The van der Waals surface area contributed by atoms with Crippen molar-refractivity contribution in [3.63, 3.8) is 0 Å². The summed E-state index contributed by atoms with van der Waals surface area (Å²) in [5.41, 5.74) is 1.70. The summed E-state index contributed by atoms with van der Waals surface area (Å²) in [5, 5.41) is 2.65. The highest BCUT2D eigenvalue weighted by molar-refractivity contribution is 6.04. The van der Waals surface area contributed by atoms with Crippen molar-refractivity contribution in [1.82, 2.24) is 9.80 Å². The number of carbonyl (C=O) groups is 1. The summed E-state index contributed by atoms with van der Waals surface area (Å²) in [6.07, 6.45) is 0. The van der Waals surface area contributed by atoms with E-state index in [-0.39, 0.29) is 17.8 Å². The first-order valence-electron chi connectivity index (χ1n) is 11.2. The molecule has 0 aliphatic carbocycles. The van der Waals surface area contributed by atoms with E-state index < -0.39 is 11.6 Å². The van der Waals surface area contributed by atoms with Crippen molar-refractivity contribution in [3.05, 3.63) is 77.9 Å². The number of methoxy groups -OCH3 is 1. The first kappa shape index (κ1) is 22.6. The highest BCUT2D eigenvalue weighted by atomic mass is 19.2. The zero-order valence-electron chi connectivity index (χ0n) is 19.3. The van der Waals surface area contributed by atoms with Gasteiger partial charge in [-0.25, -0.2) is 18.6 Å². The van der Waals surface area contributed by atoms with Crippen molar-refractivity contribution in [2.75, 3.05) is 32.1 Å². The number of halogens is 2. The SMILES string of the molecule is COc1cccc2c1Oc1ccccc1N=C2N1CCN(C(=O)Nc2ccc(F)c(F)c2)C(C)C1. The normalized spacial score (nSPS) is 16.9. The largest absolute Gasteiger partial charge is 0.493 e. The summed E-state index contributed by atoms with van der Waals surface area (Å²) >= 11 is 0. The van der Waals surface area contributed by atoms with Gasteiger partial charge in [-0.05, 0) is 43.3 Å². The zero-order valence-corrected chi connectivity index (χ0v) is 19.3. The lowest BCUT2D eigenvalue weighted by atomic mass is 10.1. The van der Waals surface area contributed by atoms with E-state index in [9.17, 15) is 13.6 Å².